The molecule has 0 aliphatic heterocycles. The molecule has 2 heteroatoms. The first kappa shape index (κ1) is 12.1. The highest BCUT2D eigenvalue weighted by Gasteiger charge is 2.15. The molecule has 0 aromatic carbocycles. The highest BCUT2D eigenvalue weighted by Crippen LogP contribution is 2.26. The van der Waals surface area contributed by atoms with Crippen LogP contribution in [0.3, 0.4) is 0 Å². The predicted molar refractivity (Wildman–Crippen MR) is 72.0 cm³/mol. The largest absolute Gasteiger partial charge is 0.309 e. The van der Waals surface area contributed by atoms with Crippen LogP contribution >= 0.6 is 11.3 Å². The van der Waals surface area contributed by atoms with Crippen LogP contribution in [0.25, 0.3) is 0 Å². The molecule has 0 saturated heterocycles. The summed E-state index contributed by atoms with van der Waals surface area (Å²) in [6.45, 7) is 5.71. The SMILES string of the molecule is Cc1ccsc1C(C)NCC1CCCCC1. The van der Waals surface area contributed by atoms with Gasteiger partial charge in [0.05, 0.1) is 0 Å². The van der Waals surface area contributed by atoms with E-state index >= 15 is 0 Å². The number of thiophene rings is 1. The van der Waals surface area contributed by atoms with Gasteiger partial charge in [-0.3, -0.25) is 0 Å². The van der Waals surface area contributed by atoms with Gasteiger partial charge in [-0.05, 0) is 56.2 Å². The van der Waals surface area contributed by atoms with Crippen molar-refractivity contribution in [2.45, 2.75) is 52.0 Å². The highest BCUT2D eigenvalue weighted by atomic mass is 32.1. The Morgan fingerprint density at radius 2 is 2.12 bits per heavy atom. The molecule has 1 fully saturated rings. The number of hydrogen-bond acceptors (Lipinski definition) is 2. The molecule has 1 aliphatic rings. The molecule has 1 aromatic heterocycles. The van der Waals surface area contributed by atoms with Crippen molar-refractivity contribution in [3.8, 4) is 0 Å². The molecule has 0 bridgehead atoms. The maximum absolute atomic E-state index is 3.71. The van der Waals surface area contributed by atoms with E-state index in [0.29, 0.717) is 6.04 Å². The molecule has 1 atom stereocenters. The molecule has 1 aromatic rings. The van der Waals surface area contributed by atoms with Gasteiger partial charge in [0, 0.05) is 10.9 Å². The third kappa shape index (κ3) is 3.08. The summed E-state index contributed by atoms with van der Waals surface area (Å²) < 4.78 is 0. The lowest BCUT2D eigenvalue weighted by Gasteiger charge is -2.24. The van der Waals surface area contributed by atoms with Gasteiger partial charge in [-0.15, -0.1) is 11.3 Å². The van der Waals surface area contributed by atoms with Crippen LogP contribution in [0.1, 0.15) is 55.5 Å². The van der Waals surface area contributed by atoms with Crippen molar-refractivity contribution >= 4 is 11.3 Å². The van der Waals surface area contributed by atoms with Gasteiger partial charge in [-0.25, -0.2) is 0 Å². The van der Waals surface area contributed by atoms with E-state index in [1.54, 1.807) is 0 Å². The first-order chi connectivity index (χ1) is 7.77. The van der Waals surface area contributed by atoms with E-state index in [4.69, 9.17) is 0 Å². The predicted octanol–water partition coefficient (Wildman–Crippen LogP) is 4.29. The molecule has 1 N–H and O–H groups in total. The Hall–Kier alpha value is -0.340. The summed E-state index contributed by atoms with van der Waals surface area (Å²) in [5.41, 5.74) is 1.44. The molecule has 1 unspecified atom stereocenters. The maximum Gasteiger partial charge on any atom is 0.0388 e. The minimum atomic E-state index is 0.530. The van der Waals surface area contributed by atoms with Crippen molar-refractivity contribution < 1.29 is 0 Å². The fraction of sp³-hybridized carbons (Fsp3) is 0.714. The second-order valence-electron chi connectivity index (χ2n) is 5.10. The molecule has 1 saturated carbocycles. The van der Waals surface area contributed by atoms with Crippen molar-refractivity contribution in [3.63, 3.8) is 0 Å². The third-order valence-corrected chi connectivity index (χ3v) is 4.93. The van der Waals surface area contributed by atoms with Crippen LogP contribution in [0.2, 0.25) is 0 Å². The lowest BCUT2D eigenvalue weighted by Crippen LogP contribution is -2.26. The van der Waals surface area contributed by atoms with Gasteiger partial charge in [0.1, 0.15) is 0 Å². The second kappa shape index (κ2) is 5.83. The lowest BCUT2D eigenvalue weighted by molar-refractivity contribution is 0.332. The smallest absolute Gasteiger partial charge is 0.0388 e. The fourth-order valence-corrected chi connectivity index (χ4v) is 3.62. The molecule has 0 radical (unpaired) electrons. The average molecular weight is 237 g/mol. The molecule has 1 heterocycles. The number of hydrogen-bond donors (Lipinski definition) is 1. The first-order valence-corrected chi connectivity index (χ1v) is 7.42. The van der Waals surface area contributed by atoms with Gasteiger partial charge in [-0.1, -0.05) is 19.3 Å². The van der Waals surface area contributed by atoms with E-state index in [2.05, 4.69) is 30.6 Å². The molecule has 1 nitrogen and oxygen atoms in total. The number of rotatable bonds is 4. The van der Waals surface area contributed by atoms with E-state index in [-0.39, 0.29) is 0 Å². The van der Waals surface area contributed by atoms with Crippen molar-refractivity contribution in [1.29, 1.82) is 0 Å². The molecule has 1 aliphatic carbocycles. The van der Waals surface area contributed by atoms with E-state index in [9.17, 15) is 0 Å². The molecule has 0 amide bonds. The first-order valence-electron chi connectivity index (χ1n) is 6.54. The van der Waals surface area contributed by atoms with Crippen LogP contribution in [0.5, 0.6) is 0 Å². The summed E-state index contributed by atoms with van der Waals surface area (Å²) in [5.74, 6) is 0.927. The summed E-state index contributed by atoms with van der Waals surface area (Å²) in [5, 5.41) is 5.90. The molecular formula is C14H23NS. The van der Waals surface area contributed by atoms with E-state index in [1.807, 2.05) is 11.3 Å². The summed E-state index contributed by atoms with van der Waals surface area (Å²) in [4.78, 5) is 1.51. The normalized spacial score (nSPS) is 19.9. The van der Waals surface area contributed by atoms with Crippen molar-refractivity contribution in [1.82, 2.24) is 5.32 Å². The van der Waals surface area contributed by atoms with Crippen LogP contribution in [-0.4, -0.2) is 6.54 Å². The number of nitrogens with one attached hydrogen (secondary N) is 1. The van der Waals surface area contributed by atoms with Crippen LogP contribution < -0.4 is 5.32 Å². The minimum absolute atomic E-state index is 0.530. The van der Waals surface area contributed by atoms with Crippen LogP contribution in [0.15, 0.2) is 11.4 Å². The molecule has 16 heavy (non-hydrogen) atoms. The summed E-state index contributed by atoms with van der Waals surface area (Å²) in [6, 6.07) is 2.75. The lowest BCUT2D eigenvalue weighted by atomic mass is 9.89. The van der Waals surface area contributed by atoms with Gasteiger partial charge < -0.3 is 5.32 Å². The van der Waals surface area contributed by atoms with Crippen LogP contribution in [-0.2, 0) is 0 Å². The Labute approximate surface area is 103 Å². The Morgan fingerprint density at radius 3 is 2.75 bits per heavy atom. The zero-order chi connectivity index (χ0) is 11.4. The molecule has 0 spiro atoms. The topological polar surface area (TPSA) is 12.0 Å². The van der Waals surface area contributed by atoms with Gasteiger partial charge in [0.2, 0.25) is 0 Å². The third-order valence-electron chi connectivity index (χ3n) is 3.73. The van der Waals surface area contributed by atoms with E-state index in [0.717, 1.165) is 5.92 Å². The van der Waals surface area contributed by atoms with Crippen molar-refractivity contribution in [3.05, 3.63) is 21.9 Å². The zero-order valence-electron chi connectivity index (χ0n) is 10.5. The summed E-state index contributed by atoms with van der Waals surface area (Å²) in [7, 11) is 0. The Balaban J connectivity index is 1.79. The van der Waals surface area contributed by atoms with Gasteiger partial charge in [-0.2, -0.15) is 0 Å². The molecule has 2 rings (SSSR count). The second-order valence-corrected chi connectivity index (χ2v) is 6.05. The van der Waals surface area contributed by atoms with Crippen LogP contribution in [0.4, 0.5) is 0 Å². The van der Waals surface area contributed by atoms with Gasteiger partial charge >= 0.3 is 0 Å². The summed E-state index contributed by atoms with van der Waals surface area (Å²) in [6.07, 6.45) is 7.21. The van der Waals surface area contributed by atoms with Crippen LogP contribution in [0, 0.1) is 12.8 Å². The molecule has 90 valence electrons. The quantitative estimate of drug-likeness (QED) is 0.824. The monoisotopic (exact) mass is 237 g/mol. The summed E-state index contributed by atoms with van der Waals surface area (Å²) >= 11 is 1.88. The maximum atomic E-state index is 3.71. The minimum Gasteiger partial charge on any atom is -0.309 e. The van der Waals surface area contributed by atoms with Gasteiger partial charge in [0.15, 0.2) is 0 Å². The Morgan fingerprint density at radius 1 is 1.38 bits per heavy atom. The van der Waals surface area contributed by atoms with E-state index < -0.39 is 0 Å². The zero-order valence-corrected chi connectivity index (χ0v) is 11.3. The van der Waals surface area contributed by atoms with E-state index in [1.165, 1.54) is 49.1 Å². The van der Waals surface area contributed by atoms with Gasteiger partial charge in [0.25, 0.3) is 0 Å². The fourth-order valence-electron chi connectivity index (χ4n) is 2.66. The average Bonchev–Trinajstić information content (AvgIpc) is 2.74. The standard InChI is InChI=1S/C14H23NS/c1-11-8-9-16-14(11)12(2)15-10-13-6-4-3-5-7-13/h8-9,12-13,15H,3-7,10H2,1-2H3. The Kier molecular flexibility index (Phi) is 4.42. The molecular weight excluding hydrogens is 214 g/mol. The highest BCUT2D eigenvalue weighted by molar-refractivity contribution is 7.10. The Bertz CT molecular complexity index is 312. The van der Waals surface area contributed by atoms with Crippen molar-refractivity contribution in [2.75, 3.05) is 6.54 Å². The van der Waals surface area contributed by atoms with Crippen molar-refractivity contribution in [2.24, 2.45) is 5.92 Å². The number of aryl methyl sites for hydroxylation is 1.